The normalized spacial score (nSPS) is 22.0. The van der Waals surface area contributed by atoms with Crippen LogP contribution < -0.4 is 10.5 Å². The maximum absolute atomic E-state index is 14.2. The average Bonchev–Trinajstić information content (AvgIpc) is 2.56. The van der Waals surface area contributed by atoms with Crippen LogP contribution in [0.5, 0.6) is 5.75 Å². The highest BCUT2D eigenvalue weighted by Crippen LogP contribution is 2.30. The number of likely N-dealkylation sites (tertiary alicyclic amines) is 1. The molecule has 1 aromatic heterocycles. The highest BCUT2D eigenvalue weighted by Gasteiger charge is 2.24. The molecule has 1 fully saturated rings. The van der Waals surface area contributed by atoms with E-state index < -0.39 is 11.9 Å². The lowest BCUT2D eigenvalue weighted by Gasteiger charge is -2.34. The highest BCUT2D eigenvalue weighted by molar-refractivity contribution is 6.32. The summed E-state index contributed by atoms with van der Waals surface area (Å²) in [5, 5.41) is 11.1. The number of hydrogen-bond acceptors (Lipinski definition) is 5. The number of aliphatic hydroxyl groups excluding tert-OH is 1. The monoisotopic (exact) mass is 353 g/mol. The molecule has 0 radical (unpaired) electrons. The van der Waals surface area contributed by atoms with Gasteiger partial charge in [-0.25, -0.2) is 4.39 Å². The fourth-order valence-electron chi connectivity index (χ4n) is 3.12. The highest BCUT2D eigenvalue weighted by atomic mass is 35.5. The number of rotatable bonds is 4. The molecule has 0 unspecified atom stereocenters. The molecule has 1 aromatic carbocycles. The molecule has 24 heavy (non-hydrogen) atoms. The Bertz CT molecular complexity index is 743. The Morgan fingerprint density at radius 2 is 2.29 bits per heavy atom. The topological polar surface area (TPSA) is 71.6 Å². The molecule has 130 valence electrons. The number of hydrogen-bond donors (Lipinski definition) is 2. The number of halogens is 2. The minimum Gasteiger partial charge on any atom is -0.497 e. The molecule has 7 heteroatoms. The molecule has 2 heterocycles. The zero-order valence-electron chi connectivity index (χ0n) is 13.5. The molecule has 1 aliphatic rings. The minimum atomic E-state index is -0.513. The summed E-state index contributed by atoms with van der Waals surface area (Å²) in [6.07, 6.45) is 2.36. The number of β-amino-alcohol motifs (C(OH)–C–C–N with tert-alkyl or cyclic N) is 1. The smallest absolute Gasteiger partial charge is 0.153 e. The zero-order chi connectivity index (χ0) is 17.3. The summed E-state index contributed by atoms with van der Waals surface area (Å²) in [6, 6.07) is 2.91. The van der Waals surface area contributed by atoms with Crippen molar-refractivity contribution in [2.45, 2.75) is 25.0 Å². The lowest BCUT2D eigenvalue weighted by molar-refractivity contribution is 0.0542. The second kappa shape index (κ2) is 7.19. The van der Waals surface area contributed by atoms with Gasteiger partial charge in [0, 0.05) is 36.8 Å². The number of fused-ring (bicyclic) bond motifs is 1. The molecule has 1 aliphatic heterocycles. The van der Waals surface area contributed by atoms with Gasteiger partial charge in [-0.15, -0.1) is 0 Å². The molecule has 0 aliphatic carbocycles. The lowest BCUT2D eigenvalue weighted by atomic mass is 10.0. The molecule has 3 rings (SSSR count). The van der Waals surface area contributed by atoms with Crippen LogP contribution in [-0.2, 0) is 6.42 Å². The van der Waals surface area contributed by atoms with Crippen LogP contribution in [0.2, 0.25) is 5.02 Å². The van der Waals surface area contributed by atoms with Crippen molar-refractivity contribution >= 4 is 22.5 Å². The second-order valence-corrected chi connectivity index (χ2v) is 6.57. The van der Waals surface area contributed by atoms with Crippen molar-refractivity contribution in [2.24, 2.45) is 5.73 Å². The Morgan fingerprint density at radius 3 is 3.00 bits per heavy atom. The Balaban J connectivity index is 1.86. The van der Waals surface area contributed by atoms with Gasteiger partial charge >= 0.3 is 0 Å². The number of methoxy groups -OCH3 is 1. The van der Waals surface area contributed by atoms with Crippen molar-refractivity contribution in [2.75, 3.05) is 26.7 Å². The summed E-state index contributed by atoms with van der Waals surface area (Å²) in [4.78, 5) is 6.25. The van der Waals surface area contributed by atoms with Crippen molar-refractivity contribution in [3.05, 3.63) is 34.7 Å². The molecule has 2 atom stereocenters. The van der Waals surface area contributed by atoms with E-state index in [0.29, 0.717) is 35.7 Å². The molecule has 0 amide bonds. The van der Waals surface area contributed by atoms with Crippen molar-refractivity contribution in [3.8, 4) is 5.75 Å². The molecule has 5 nitrogen and oxygen atoms in total. The Hall–Kier alpha value is -1.47. The summed E-state index contributed by atoms with van der Waals surface area (Å²) < 4.78 is 19.3. The van der Waals surface area contributed by atoms with Crippen molar-refractivity contribution in [3.63, 3.8) is 0 Å². The molecular weight excluding hydrogens is 333 g/mol. The van der Waals surface area contributed by atoms with Crippen LogP contribution in [0.25, 0.3) is 10.9 Å². The summed E-state index contributed by atoms with van der Waals surface area (Å²) >= 11 is 6.31. The van der Waals surface area contributed by atoms with Gasteiger partial charge in [0.2, 0.25) is 0 Å². The number of nitrogens with two attached hydrogens (primary N) is 1. The summed E-state index contributed by atoms with van der Waals surface area (Å²) in [5.41, 5.74) is 6.96. The molecular formula is C17H21ClFN3O2. The Kier molecular flexibility index (Phi) is 5.20. The van der Waals surface area contributed by atoms with E-state index in [0.717, 1.165) is 18.5 Å². The van der Waals surface area contributed by atoms with E-state index >= 15 is 0 Å². The molecule has 1 saturated heterocycles. The SMILES string of the molecule is COc1cc(F)c2ncc(Cl)c(CCN3CC[C@H](N)[C@H](O)C3)c2c1. The van der Waals surface area contributed by atoms with E-state index in [1.54, 1.807) is 6.07 Å². The lowest BCUT2D eigenvalue weighted by Crippen LogP contribution is -2.50. The molecule has 0 saturated carbocycles. The van der Waals surface area contributed by atoms with Crippen LogP contribution in [0, 0.1) is 5.82 Å². The van der Waals surface area contributed by atoms with Crippen LogP contribution in [0.4, 0.5) is 4.39 Å². The van der Waals surface area contributed by atoms with Crippen LogP contribution in [0.15, 0.2) is 18.3 Å². The third-order valence-electron chi connectivity index (χ3n) is 4.59. The summed E-state index contributed by atoms with van der Waals surface area (Å²) in [6.45, 7) is 2.08. The van der Waals surface area contributed by atoms with Crippen LogP contribution in [-0.4, -0.2) is 53.9 Å². The van der Waals surface area contributed by atoms with Gasteiger partial charge in [-0.05, 0) is 31.0 Å². The maximum Gasteiger partial charge on any atom is 0.153 e. The summed E-state index contributed by atoms with van der Waals surface area (Å²) in [5.74, 6) is 0.00585. The third kappa shape index (κ3) is 3.47. The predicted octanol–water partition coefficient (Wildman–Crippen LogP) is 1.97. The molecule has 0 bridgehead atoms. The number of aliphatic hydroxyl groups is 1. The van der Waals surface area contributed by atoms with Crippen molar-refractivity contribution in [1.82, 2.24) is 9.88 Å². The zero-order valence-corrected chi connectivity index (χ0v) is 14.3. The van der Waals surface area contributed by atoms with Gasteiger partial charge in [-0.3, -0.25) is 4.98 Å². The largest absolute Gasteiger partial charge is 0.497 e. The van der Waals surface area contributed by atoms with Gasteiger partial charge in [-0.1, -0.05) is 11.6 Å². The Labute approximate surface area is 145 Å². The van der Waals surface area contributed by atoms with Crippen LogP contribution in [0.3, 0.4) is 0 Å². The van der Waals surface area contributed by atoms with Crippen LogP contribution >= 0.6 is 11.6 Å². The maximum atomic E-state index is 14.2. The standard InChI is InChI=1S/C17H21ClFN3O2/c1-24-10-6-12-11(13(18)8-21-17(12)14(19)7-10)2-4-22-5-3-15(20)16(23)9-22/h6-8,15-16,23H,2-5,9,20H2,1H3/t15-,16+/m0/s1. The number of ether oxygens (including phenoxy) is 1. The predicted molar refractivity (Wildman–Crippen MR) is 92.0 cm³/mol. The van der Waals surface area contributed by atoms with Gasteiger partial charge in [0.1, 0.15) is 11.3 Å². The van der Waals surface area contributed by atoms with Gasteiger partial charge < -0.3 is 20.5 Å². The summed E-state index contributed by atoms with van der Waals surface area (Å²) in [7, 11) is 1.50. The number of nitrogens with zero attached hydrogens (tertiary/aromatic N) is 2. The number of aromatic nitrogens is 1. The van der Waals surface area contributed by atoms with E-state index in [1.807, 2.05) is 0 Å². The first-order valence-corrected chi connectivity index (χ1v) is 8.34. The second-order valence-electron chi connectivity index (χ2n) is 6.16. The van der Waals surface area contributed by atoms with Gasteiger partial charge in [-0.2, -0.15) is 0 Å². The first-order valence-electron chi connectivity index (χ1n) is 7.96. The Morgan fingerprint density at radius 1 is 1.50 bits per heavy atom. The quantitative estimate of drug-likeness (QED) is 0.879. The first kappa shape index (κ1) is 17.4. The van der Waals surface area contributed by atoms with Gasteiger partial charge in [0.25, 0.3) is 0 Å². The van der Waals surface area contributed by atoms with Crippen molar-refractivity contribution < 1.29 is 14.2 Å². The van der Waals surface area contributed by atoms with E-state index in [1.165, 1.54) is 19.4 Å². The third-order valence-corrected chi connectivity index (χ3v) is 4.91. The van der Waals surface area contributed by atoms with Gasteiger partial charge in [0.05, 0.1) is 18.2 Å². The van der Waals surface area contributed by atoms with E-state index in [-0.39, 0.29) is 11.6 Å². The van der Waals surface area contributed by atoms with E-state index in [2.05, 4.69) is 9.88 Å². The average molecular weight is 354 g/mol. The number of pyridine rings is 1. The van der Waals surface area contributed by atoms with Crippen molar-refractivity contribution in [1.29, 1.82) is 0 Å². The first-order chi connectivity index (χ1) is 11.5. The molecule has 3 N–H and O–H groups in total. The minimum absolute atomic E-state index is 0.162. The van der Waals surface area contributed by atoms with Crippen LogP contribution in [0.1, 0.15) is 12.0 Å². The van der Waals surface area contributed by atoms with E-state index in [9.17, 15) is 9.50 Å². The molecule has 2 aromatic rings. The fraction of sp³-hybridized carbons (Fsp3) is 0.471. The number of piperidine rings is 1. The van der Waals surface area contributed by atoms with E-state index in [4.69, 9.17) is 22.1 Å². The fourth-order valence-corrected chi connectivity index (χ4v) is 3.37. The molecule has 0 spiro atoms. The number of benzene rings is 1. The van der Waals surface area contributed by atoms with Gasteiger partial charge in [0.15, 0.2) is 5.82 Å².